The minimum Gasteiger partial charge on any atom is -0.483 e. The number of hydrogen-bond donors (Lipinski definition) is 2. The molecule has 32 heavy (non-hydrogen) atoms. The first-order valence-corrected chi connectivity index (χ1v) is 11.5. The zero-order valence-corrected chi connectivity index (χ0v) is 18.7. The van der Waals surface area contributed by atoms with Gasteiger partial charge in [-0.2, -0.15) is 5.10 Å². The Bertz CT molecular complexity index is 848. The van der Waals surface area contributed by atoms with Gasteiger partial charge in [-0.3, -0.25) is 24.4 Å². The molecule has 1 atom stereocenters. The van der Waals surface area contributed by atoms with Crippen molar-refractivity contribution in [1.82, 2.24) is 24.9 Å². The first kappa shape index (κ1) is 22.7. The number of carboxylic acid groups (broad SMARTS) is 1. The molecule has 10 heteroatoms. The lowest BCUT2D eigenvalue weighted by Gasteiger charge is -2.29. The average Bonchev–Trinajstić information content (AvgIpc) is 3.32. The van der Waals surface area contributed by atoms with Crippen molar-refractivity contribution >= 4 is 18.3 Å². The standard InChI is InChI=1S/C21H31N5O3.CH2O2/c1-15-17(18(23-22-15)16-2-3-16)19(27)26-7-5-21(14-26)4-6-25(20(21)28)9-8-24-10-12-29-13-11-24;2-1-3/h16H,2-14H2,1H3,(H,22,23);1H,(H,2,3). The first-order valence-electron chi connectivity index (χ1n) is 11.5. The SMILES string of the molecule is Cc1[nH]nc(C2CC2)c1C(=O)N1CCC2(CCN(CCN3CCOCC3)C2=O)C1.O=CO. The highest BCUT2D eigenvalue weighted by Crippen LogP contribution is 2.44. The highest BCUT2D eigenvalue weighted by Gasteiger charge is 2.52. The van der Waals surface area contributed by atoms with Crippen molar-refractivity contribution < 1.29 is 24.2 Å². The second-order valence-electron chi connectivity index (χ2n) is 9.24. The first-order chi connectivity index (χ1) is 15.5. The molecule has 1 aliphatic carbocycles. The summed E-state index contributed by atoms with van der Waals surface area (Å²) < 4.78 is 5.40. The van der Waals surface area contributed by atoms with Gasteiger partial charge in [-0.05, 0) is 32.6 Å². The van der Waals surface area contributed by atoms with Crippen LogP contribution in [0.3, 0.4) is 0 Å². The summed E-state index contributed by atoms with van der Waals surface area (Å²) in [7, 11) is 0. The summed E-state index contributed by atoms with van der Waals surface area (Å²) in [6.45, 7) is 8.84. The number of ether oxygens (including phenoxy) is 1. The number of hydrogen-bond acceptors (Lipinski definition) is 6. The number of aromatic nitrogens is 2. The van der Waals surface area contributed by atoms with Gasteiger partial charge >= 0.3 is 0 Å². The van der Waals surface area contributed by atoms with E-state index < -0.39 is 0 Å². The Labute approximate surface area is 187 Å². The largest absolute Gasteiger partial charge is 0.483 e. The van der Waals surface area contributed by atoms with E-state index in [1.165, 1.54) is 0 Å². The van der Waals surface area contributed by atoms with Crippen molar-refractivity contribution in [3.05, 3.63) is 17.0 Å². The Morgan fingerprint density at radius 3 is 2.59 bits per heavy atom. The van der Waals surface area contributed by atoms with Crippen LogP contribution >= 0.6 is 0 Å². The molecule has 4 aliphatic rings. The second kappa shape index (κ2) is 9.58. The van der Waals surface area contributed by atoms with Gasteiger partial charge in [0.05, 0.1) is 29.9 Å². The van der Waals surface area contributed by atoms with E-state index in [0.717, 1.165) is 88.6 Å². The Kier molecular flexibility index (Phi) is 6.80. The summed E-state index contributed by atoms with van der Waals surface area (Å²) in [6, 6.07) is 0. The van der Waals surface area contributed by atoms with Gasteiger partial charge in [0.15, 0.2) is 0 Å². The molecule has 0 aromatic carbocycles. The number of nitrogens with one attached hydrogen (secondary N) is 1. The maximum atomic E-state index is 13.3. The molecule has 0 radical (unpaired) electrons. The molecule has 5 rings (SSSR count). The van der Waals surface area contributed by atoms with Crippen LogP contribution in [0.5, 0.6) is 0 Å². The average molecular weight is 448 g/mol. The van der Waals surface area contributed by atoms with Crippen LogP contribution in [-0.2, 0) is 14.3 Å². The van der Waals surface area contributed by atoms with Crippen molar-refractivity contribution in [3.63, 3.8) is 0 Å². The topological polar surface area (TPSA) is 119 Å². The lowest BCUT2D eigenvalue weighted by molar-refractivity contribution is -0.135. The maximum Gasteiger partial charge on any atom is 0.290 e. The van der Waals surface area contributed by atoms with E-state index >= 15 is 0 Å². The molecule has 1 spiro atoms. The highest BCUT2D eigenvalue weighted by atomic mass is 16.5. The van der Waals surface area contributed by atoms with E-state index in [1.54, 1.807) is 0 Å². The number of carbonyl (C=O) groups is 3. The summed E-state index contributed by atoms with van der Waals surface area (Å²) >= 11 is 0. The van der Waals surface area contributed by atoms with Crippen molar-refractivity contribution in [2.45, 2.75) is 38.5 Å². The molecular weight excluding hydrogens is 414 g/mol. The zero-order valence-electron chi connectivity index (χ0n) is 18.7. The van der Waals surface area contributed by atoms with Crippen molar-refractivity contribution in [2.24, 2.45) is 5.41 Å². The molecule has 2 amide bonds. The molecule has 1 aromatic heterocycles. The van der Waals surface area contributed by atoms with Crippen LogP contribution in [0.1, 0.15) is 53.3 Å². The Hall–Kier alpha value is -2.46. The van der Waals surface area contributed by atoms with E-state index in [9.17, 15) is 9.59 Å². The number of amides is 2. The molecule has 3 saturated heterocycles. The van der Waals surface area contributed by atoms with Gasteiger partial charge in [0.1, 0.15) is 0 Å². The zero-order chi connectivity index (χ0) is 22.7. The molecule has 1 aromatic rings. The molecule has 176 valence electrons. The number of nitrogens with zero attached hydrogens (tertiary/aromatic N) is 4. The summed E-state index contributed by atoms with van der Waals surface area (Å²) in [6.07, 6.45) is 3.87. The Morgan fingerprint density at radius 1 is 1.22 bits per heavy atom. The number of morpholine rings is 1. The number of carbonyl (C=O) groups excluding carboxylic acids is 2. The third-order valence-corrected chi connectivity index (χ3v) is 7.19. The number of rotatable bonds is 5. The van der Waals surface area contributed by atoms with E-state index in [1.807, 2.05) is 16.7 Å². The monoisotopic (exact) mass is 447 g/mol. The van der Waals surface area contributed by atoms with Crippen LogP contribution in [0.4, 0.5) is 0 Å². The Morgan fingerprint density at radius 2 is 1.91 bits per heavy atom. The minimum absolute atomic E-state index is 0.0505. The fourth-order valence-electron chi connectivity index (χ4n) is 5.15. The van der Waals surface area contributed by atoms with Gasteiger partial charge in [0.25, 0.3) is 12.4 Å². The van der Waals surface area contributed by atoms with Crippen LogP contribution in [0.25, 0.3) is 0 Å². The number of likely N-dealkylation sites (tertiary alicyclic amines) is 2. The number of aromatic amines is 1. The normalized spacial score (nSPS) is 25.8. The molecule has 0 bridgehead atoms. The van der Waals surface area contributed by atoms with Crippen LogP contribution in [0.15, 0.2) is 0 Å². The van der Waals surface area contributed by atoms with Crippen molar-refractivity contribution in [2.75, 3.05) is 59.0 Å². The van der Waals surface area contributed by atoms with Gasteiger partial charge in [0.2, 0.25) is 5.91 Å². The summed E-state index contributed by atoms with van der Waals surface area (Å²) in [5.41, 5.74) is 2.15. The fourth-order valence-corrected chi connectivity index (χ4v) is 5.15. The smallest absolute Gasteiger partial charge is 0.290 e. The molecule has 4 heterocycles. The summed E-state index contributed by atoms with van der Waals surface area (Å²) in [5, 5.41) is 14.3. The molecular formula is C22H33N5O5. The van der Waals surface area contributed by atoms with Gasteiger partial charge < -0.3 is 19.6 Å². The van der Waals surface area contributed by atoms with Crippen LogP contribution in [-0.4, -0.2) is 107 Å². The van der Waals surface area contributed by atoms with E-state index in [-0.39, 0.29) is 23.7 Å². The third kappa shape index (κ3) is 4.52. The molecule has 1 saturated carbocycles. The van der Waals surface area contributed by atoms with E-state index in [4.69, 9.17) is 14.6 Å². The lowest BCUT2D eigenvalue weighted by Crippen LogP contribution is -2.44. The van der Waals surface area contributed by atoms with Crippen molar-refractivity contribution in [1.29, 1.82) is 0 Å². The number of H-pyrrole nitrogens is 1. The molecule has 10 nitrogen and oxygen atoms in total. The van der Waals surface area contributed by atoms with Gasteiger partial charge in [-0.15, -0.1) is 0 Å². The van der Waals surface area contributed by atoms with E-state index in [2.05, 4.69) is 15.1 Å². The van der Waals surface area contributed by atoms with Gasteiger partial charge in [-0.25, -0.2) is 0 Å². The molecule has 1 unspecified atom stereocenters. The maximum absolute atomic E-state index is 13.3. The van der Waals surface area contributed by atoms with Gasteiger partial charge in [0, 0.05) is 57.4 Å². The van der Waals surface area contributed by atoms with Crippen LogP contribution < -0.4 is 0 Å². The lowest BCUT2D eigenvalue weighted by atomic mass is 9.85. The fraction of sp³-hybridized carbons (Fsp3) is 0.727. The Balaban J connectivity index is 0.000000775. The van der Waals surface area contributed by atoms with E-state index in [0.29, 0.717) is 19.0 Å². The molecule has 3 aliphatic heterocycles. The third-order valence-electron chi connectivity index (χ3n) is 7.19. The van der Waals surface area contributed by atoms with Crippen LogP contribution in [0.2, 0.25) is 0 Å². The number of aryl methyl sites for hydroxylation is 1. The van der Waals surface area contributed by atoms with Crippen molar-refractivity contribution in [3.8, 4) is 0 Å². The molecule has 2 N–H and O–H groups in total. The predicted molar refractivity (Wildman–Crippen MR) is 115 cm³/mol. The quantitative estimate of drug-likeness (QED) is 0.638. The second-order valence-corrected chi connectivity index (χ2v) is 9.24. The minimum atomic E-state index is -0.377. The van der Waals surface area contributed by atoms with Crippen LogP contribution in [0, 0.1) is 12.3 Å². The molecule has 4 fully saturated rings. The predicted octanol–water partition coefficient (Wildman–Crippen LogP) is 0.693. The summed E-state index contributed by atoms with van der Waals surface area (Å²) in [5.74, 6) is 0.723. The highest BCUT2D eigenvalue weighted by molar-refractivity contribution is 5.98. The summed E-state index contributed by atoms with van der Waals surface area (Å²) in [4.78, 5) is 41.1. The van der Waals surface area contributed by atoms with Gasteiger partial charge in [-0.1, -0.05) is 0 Å².